The number of benzene rings is 1. The predicted octanol–water partition coefficient (Wildman–Crippen LogP) is 1.51. The number of amides is 5. The Bertz CT molecular complexity index is 823. The van der Waals surface area contributed by atoms with Crippen LogP contribution in [-0.2, 0) is 20.8 Å². The molecular weight excluding hydrogens is 372 g/mol. The summed E-state index contributed by atoms with van der Waals surface area (Å²) in [4.78, 5) is 50.5. The van der Waals surface area contributed by atoms with Crippen LogP contribution in [0.25, 0.3) is 0 Å². The highest BCUT2D eigenvalue weighted by atomic mass is 16.2. The molecule has 0 unspecified atom stereocenters. The molecule has 29 heavy (non-hydrogen) atoms. The first-order chi connectivity index (χ1) is 13.6. The maximum atomic E-state index is 13.0. The third-order valence-electron chi connectivity index (χ3n) is 5.47. The van der Waals surface area contributed by atoms with Crippen molar-refractivity contribution in [2.24, 2.45) is 11.3 Å². The Balaban J connectivity index is 1.56. The van der Waals surface area contributed by atoms with Gasteiger partial charge in [-0.3, -0.25) is 30.1 Å². The van der Waals surface area contributed by atoms with Crippen LogP contribution in [0.2, 0.25) is 0 Å². The molecule has 3 N–H and O–H groups in total. The van der Waals surface area contributed by atoms with Gasteiger partial charge in [0.25, 0.3) is 11.8 Å². The first kappa shape index (κ1) is 20.8. The molecule has 1 saturated heterocycles. The average Bonchev–Trinajstić information content (AvgIpc) is 2.82. The molecule has 0 aromatic heterocycles. The Morgan fingerprint density at radius 2 is 1.76 bits per heavy atom. The molecule has 0 bridgehead atoms. The zero-order valence-electron chi connectivity index (χ0n) is 17.1. The van der Waals surface area contributed by atoms with Gasteiger partial charge in [-0.05, 0) is 36.2 Å². The number of hydrogen-bond donors (Lipinski definition) is 3. The average molecular weight is 400 g/mol. The maximum absolute atomic E-state index is 13.0. The zero-order chi connectivity index (χ0) is 21.2. The van der Waals surface area contributed by atoms with E-state index in [2.05, 4.69) is 36.9 Å². The van der Waals surface area contributed by atoms with Crippen molar-refractivity contribution in [2.75, 3.05) is 6.54 Å². The van der Waals surface area contributed by atoms with Crippen molar-refractivity contribution >= 4 is 23.8 Å². The molecule has 8 heteroatoms. The van der Waals surface area contributed by atoms with E-state index in [4.69, 9.17) is 0 Å². The molecule has 5 amide bonds. The lowest BCUT2D eigenvalue weighted by atomic mass is 9.64. The van der Waals surface area contributed by atoms with Gasteiger partial charge in [-0.15, -0.1) is 0 Å². The van der Waals surface area contributed by atoms with Gasteiger partial charge in [-0.2, -0.15) is 0 Å². The van der Waals surface area contributed by atoms with Gasteiger partial charge >= 0.3 is 6.03 Å². The van der Waals surface area contributed by atoms with E-state index in [1.165, 1.54) is 0 Å². The van der Waals surface area contributed by atoms with E-state index in [-0.39, 0.29) is 29.6 Å². The Kier molecular flexibility index (Phi) is 5.64. The largest absolute Gasteiger partial charge is 0.325 e. The van der Waals surface area contributed by atoms with E-state index < -0.39 is 24.0 Å². The number of nitrogens with one attached hydrogen (secondary N) is 3. The summed E-state index contributed by atoms with van der Waals surface area (Å²) in [6, 6.07) is 8.54. The number of carbonyl (C=O) groups is 4. The van der Waals surface area contributed by atoms with Crippen molar-refractivity contribution in [3.63, 3.8) is 0 Å². The van der Waals surface area contributed by atoms with Crippen molar-refractivity contribution in [1.82, 2.24) is 21.1 Å². The third-order valence-corrected chi connectivity index (χ3v) is 5.47. The van der Waals surface area contributed by atoms with Crippen molar-refractivity contribution in [3.05, 3.63) is 35.9 Å². The first-order valence-electron chi connectivity index (χ1n) is 9.86. The lowest BCUT2D eigenvalue weighted by Gasteiger charge is -2.43. The van der Waals surface area contributed by atoms with E-state index in [0.717, 1.165) is 16.9 Å². The molecule has 3 rings (SSSR count). The second-order valence-electron chi connectivity index (χ2n) is 9.02. The van der Waals surface area contributed by atoms with Crippen LogP contribution in [0.3, 0.4) is 0 Å². The summed E-state index contributed by atoms with van der Waals surface area (Å²) in [7, 11) is 0. The van der Waals surface area contributed by atoms with Gasteiger partial charge in [0.1, 0.15) is 12.1 Å². The smallest absolute Gasteiger partial charge is 0.323 e. The third kappa shape index (κ3) is 4.75. The minimum atomic E-state index is -0.949. The molecule has 1 aliphatic carbocycles. The van der Waals surface area contributed by atoms with E-state index in [0.29, 0.717) is 12.8 Å². The van der Waals surface area contributed by atoms with Gasteiger partial charge in [0.05, 0.1) is 6.42 Å². The molecule has 2 aliphatic rings. The molecule has 1 aromatic carbocycles. The molecule has 156 valence electrons. The molecule has 1 saturated carbocycles. The standard InChI is InChI=1S/C21H28N4O4/c1-14-10-20(2,3)13-21(11-14)18(28)25(19(29)22-21)12-17(27)24-23-16(26)9-15-7-5-4-6-8-15/h4-8,14H,9-13H2,1-3H3,(H,22,29)(H,23,26)(H,24,27)/t14-,21-/m0/s1. The quantitative estimate of drug-likeness (QED) is 0.526. The Morgan fingerprint density at radius 3 is 2.41 bits per heavy atom. The lowest BCUT2D eigenvalue weighted by Crippen LogP contribution is -2.54. The summed E-state index contributed by atoms with van der Waals surface area (Å²) in [6.45, 7) is 5.80. The second kappa shape index (κ2) is 7.85. The SMILES string of the molecule is C[C@H]1CC(C)(C)C[C@]2(C1)NC(=O)N(CC(=O)NNC(=O)Cc1ccccc1)C2=O. The van der Waals surface area contributed by atoms with Crippen LogP contribution >= 0.6 is 0 Å². The van der Waals surface area contributed by atoms with Crippen LogP contribution in [0, 0.1) is 11.3 Å². The minimum Gasteiger partial charge on any atom is -0.323 e. The highest BCUT2D eigenvalue weighted by Crippen LogP contribution is 2.46. The lowest BCUT2D eigenvalue weighted by molar-refractivity contribution is -0.138. The number of hydrogen-bond acceptors (Lipinski definition) is 4. The fraction of sp³-hybridized carbons (Fsp3) is 0.524. The minimum absolute atomic E-state index is 0.0791. The van der Waals surface area contributed by atoms with Gasteiger partial charge in [0, 0.05) is 0 Å². The molecule has 2 atom stereocenters. The van der Waals surface area contributed by atoms with Crippen LogP contribution in [0.1, 0.15) is 45.6 Å². The molecule has 8 nitrogen and oxygen atoms in total. The monoisotopic (exact) mass is 400 g/mol. The Morgan fingerprint density at radius 1 is 1.10 bits per heavy atom. The van der Waals surface area contributed by atoms with Crippen LogP contribution in [0.5, 0.6) is 0 Å². The topological polar surface area (TPSA) is 108 Å². The van der Waals surface area contributed by atoms with Crippen LogP contribution in [0.4, 0.5) is 4.79 Å². The number of rotatable bonds is 4. The summed E-state index contributed by atoms with van der Waals surface area (Å²) in [6.07, 6.45) is 2.19. The summed E-state index contributed by atoms with van der Waals surface area (Å²) < 4.78 is 0. The molecular formula is C21H28N4O4. The van der Waals surface area contributed by atoms with E-state index in [9.17, 15) is 19.2 Å². The van der Waals surface area contributed by atoms with Crippen molar-refractivity contribution in [1.29, 1.82) is 0 Å². The van der Waals surface area contributed by atoms with E-state index >= 15 is 0 Å². The normalized spacial score (nSPS) is 25.6. The molecule has 1 aliphatic heterocycles. The number of carbonyl (C=O) groups excluding carboxylic acids is 4. The van der Waals surface area contributed by atoms with E-state index in [1.54, 1.807) is 12.1 Å². The van der Waals surface area contributed by atoms with Gasteiger partial charge in [-0.1, -0.05) is 51.1 Å². The van der Waals surface area contributed by atoms with Gasteiger partial charge in [0.2, 0.25) is 5.91 Å². The Hall–Kier alpha value is -2.90. The van der Waals surface area contributed by atoms with Crippen LogP contribution in [0.15, 0.2) is 30.3 Å². The fourth-order valence-corrected chi connectivity index (χ4v) is 4.80. The van der Waals surface area contributed by atoms with Gasteiger partial charge < -0.3 is 5.32 Å². The predicted molar refractivity (Wildman–Crippen MR) is 106 cm³/mol. The molecule has 0 radical (unpaired) electrons. The van der Waals surface area contributed by atoms with Gasteiger partial charge in [-0.25, -0.2) is 4.79 Å². The van der Waals surface area contributed by atoms with Crippen LogP contribution < -0.4 is 16.2 Å². The number of urea groups is 1. The van der Waals surface area contributed by atoms with Crippen LogP contribution in [-0.4, -0.2) is 40.7 Å². The maximum Gasteiger partial charge on any atom is 0.325 e. The number of imide groups is 1. The Labute approximate surface area is 170 Å². The van der Waals surface area contributed by atoms with Crippen molar-refractivity contribution in [3.8, 4) is 0 Å². The molecule has 1 heterocycles. The van der Waals surface area contributed by atoms with Crippen molar-refractivity contribution in [2.45, 2.75) is 52.0 Å². The highest BCUT2D eigenvalue weighted by molar-refractivity contribution is 6.09. The molecule has 1 spiro atoms. The zero-order valence-corrected chi connectivity index (χ0v) is 17.1. The molecule has 1 aromatic rings. The number of nitrogens with zero attached hydrogens (tertiary/aromatic N) is 1. The first-order valence-corrected chi connectivity index (χ1v) is 9.86. The van der Waals surface area contributed by atoms with Gasteiger partial charge in [0.15, 0.2) is 0 Å². The summed E-state index contributed by atoms with van der Waals surface area (Å²) >= 11 is 0. The molecule has 2 fully saturated rings. The summed E-state index contributed by atoms with van der Waals surface area (Å²) in [5, 5.41) is 2.83. The fourth-order valence-electron chi connectivity index (χ4n) is 4.80. The summed E-state index contributed by atoms with van der Waals surface area (Å²) in [5.41, 5.74) is 4.37. The highest BCUT2D eigenvalue weighted by Gasteiger charge is 2.56. The number of hydrazine groups is 1. The second-order valence-corrected chi connectivity index (χ2v) is 9.02. The van der Waals surface area contributed by atoms with E-state index in [1.807, 2.05) is 18.2 Å². The van der Waals surface area contributed by atoms with Crippen molar-refractivity contribution < 1.29 is 19.2 Å². The summed E-state index contributed by atoms with van der Waals surface area (Å²) in [5.74, 6) is -1.10.